The Bertz CT molecular complexity index is 428. The molecule has 0 unspecified atom stereocenters. The topological polar surface area (TPSA) is 70.8 Å². The summed E-state index contributed by atoms with van der Waals surface area (Å²) in [5.41, 5.74) is 0. The lowest BCUT2D eigenvalue weighted by molar-refractivity contribution is -0.163. The number of amides is 1. The van der Waals surface area contributed by atoms with Crippen LogP contribution in [0.2, 0.25) is 0 Å². The van der Waals surface area contributed by atoms with Crippen LogP contribution in [-0.2, 0) is 16.1 Å². The molecule has 106 valence electrons. The molecular weight excluding hydrogens is 267 g/mol. The predicted molar refractivity (Wildman–Crippen MR) is 57.0 cm³/mol. The summed E-state index contributed by atoms with van der Waals surface area (Å²) < 4.78 is 41.9. The number of carbonyl (C=O) groups excluding carboxylic acids is 1. The van der Waals surface area contributed by atoms with Crippen molar-refractivity contribution in [2.75, 3.05) is 6.54 Å². The molecule has 1 rings (SSSR count). The van der Waals surface area contributed by atoms with Crippen LogP contribution < -0.4 is 0 Å². The Kier molecular flexibility index (Phi) is 4.96. The first-order valence-electron chi connectivity index (χ1n) is 5.36. The fourth-order valence-electron chi connectivity index (χ4n) is 1.41. The number of alkyl halides is 3. The number of carbonyl (C=O) groups is 2. The maximum atomic E-state index is 12.4. The first-order valence-corrected chi connectivity index (χ1v) is 5.36. The lowest BCUT2D eigenvalue weighted by Gasteiger charge is -2.22. The molecule has 0 aliphatic carbocycles. The van der Waals surface area contributed by atoms with Crippen LogP contribution in [0, 0.1) is 0 Å². The molecule has 0 saturated carbocycles. The zero-order valence-electron chi connectivity index (χ0n) is 9.81. The van der Waals surface area contributed by atoms with E-state index in [-0.39, 0.29) is 12.3 Å². The molecule has 0 radical (unpaired) electrons. The Balaban J connectivity index is 2.68. The van der Waals surface area contributed by atoms with Crippen LogP contribution in [0.4, 0.5) is 13.2 Å². The maximum Gasteiger partial charge on any atom is 0.406 e. The number of halogens is 3. The number of aliphatic carboxylic acids is 1. The fraction of sp³-hybridized carbons (Fsp3) is 0.455. The summed E-state index contributed by atoms with van der Waals surface area (Å²) >= 11 is 0. The van der Waals surface area contributed by atoms with Gasteiger partial charge in [0, 0.05) is 6.42 Å². The van der Waals surface area contributed by atoms with Gasteiger partial charge in [-0.2, -0.15) is 13.2 Å². The van der Waals surface area contributed by atoms with Crippen molar-refractivity contribution in [3.63, 3.8) is 0 Å². The molecule has 1 aromatic heterocycles. The second-order valence-electron chi connectivity index (χ2n) is 3.84. The van der Waals surface area contributed by atoms with Gasteiger partial charge in [0.25, 0.3) is 0 Å². The van der Waals surface area contributed by atoms with E-state index in [1.165, 1.54) is 18.4 Å². The number of carboxylic acid groups (broad SMARTS) is 1. The summed E-state index contributed by atoms with van der Waals surface area (Å²) in [6.07, 6.45) is -4.26. The Morgan fingerprint density at radius 3 is 2.47 bits per heavy atom. The van der Waals surface area contributed by atoms with E-state index in [0.717, 1.165) is 0 Å². The molecule has 1 heterocycles. The van der Waals surface area contributed by atoms with Crippen molar-refractivity contribution in [2.45, 2.75) is 25.6 Å². The Labute approximate surface area is 106 Å². The van der Waals surface area contributed by atoms with Gasteiger partial charge in [0.15, 0.2) is 0 Å². The van der Waals surface area contributed by atoms with Gasteiger partial charge < -0.3 is 14.4 Å². The van der Waals surface area contributed by atoms with Gasteiger partial charge in [-0.1, -0.05) is 0 Å². The van der Waals surface area contributed by atoms with E-state index in [4.69, 9.17) is 9.52 Å². The number of hydrogen-bond donors (Lipinski definition) is 1. The highest BCUT2D eigenvalue weighted by Crippen LogP contribution is 2.19. The molecule has 0 aliphatic rings. The maximum absolute atomic E-state index is 12.4. The van der Waals surface area contributed by atoms with E-state index in [1.807, 2.05) is 0 Å². The van der Waals surface area contributed by atoms with Gasteiger partial charge in [0.1, 0.15) is 12.3 Å². The molecule has 0 bridgehead atoms. The van der Waals surface area contributed by atoms with Gasteiger partial charge in [-0.3, -0.25) is 9.59 Å². The summed E-state index contributed by atoms with van der Waals surface area (Å²) in [6.45, 7) is -1.78. The molecular formula is C11H12F3NO4. The van der Waals surface area contributed by atoms with Crippen molar-refractivity contribution in [3.05, 3.63) is 24.2 Å². The molecule has 1 N–H and O–H groups in total. The van der Waals surface area contributed by atoms with Gasteiger partial charge >= 0.3 is 12.1 Å². The van der Waals surface area contributed by atoms with Crippen molar-refractivity contribution in [1.82, 2.24) is 4.90 Å². The fourth-order valence-corrected chi connectivity index (χ4v) is 1.41. The number of furan rings is 1. The highest BCUT2D eigenvalue weighted by molar-refractivity contribution is 5.80. The third-order valence-corrected chi connectivity index (χ3v) is 2.20. The molecule has 0 fully saturated rings. The van der Waals surface area contributed by atoms with E-state index >= 15 is 0 Å². The third kappa shape index (κ3) is 5.94. The number of rotatable bonds is 6. The van der Waals surface area contributed by atoms with Crippen molar-refractivity contribution in [1.29, 1.82) is 0 Å². The second kappa shape index (κ2) is 6.26. The highest BCUT2D eigenvalue weighted by Gasteiger charge is 2.33. The zero-order valence-corrected chi connectivity index (χ0v) is 9.81. The van der Waals surface area contributed by atoms with Crippen LogP contribution in [-0.4, -0.2) is 34.6 Å². The number of nitrogens with zero attached hydrogens (tertiary/aromatic N) is 1. The first kappa shape index (κ1) is 15.1. The normalized spacial score (nSPS) is 11.3. The summed E-state index contributed by atoms with van der Waals surface area (Å²) in [5, 5.41) is 8.42. The lowest BCUT2D eigenvalue weighted by Crippen LogP contribution is -2.38. The van der Waals surface area contributed by atoms with Crippen LogP contribution in [0.5, 0.6) is 0 Å². The van der Waals surface area contributed by atoms with Crippen molar-refractivity contribution in [2.24, 2.45) is 0 Å². The van der Waals surface area contributed by atoms with E-state index in [1.54, 1.807) is 0 Å². The zero-order chi connectivity index (χ0) is 14.5. The molecule has 0 saturated heterocycles. The van der Waals surface area contributed by atoms with Crippen LogP contribution in [0.25, 0.3) is 0 Å². The molecule has 8 heteroatoms. The molecule has 0 aliphatic heterocycles. The van der Waals surface area contributed by atoms with E-state index in [2.05, 4.69) is 0 Å². The summed E-state index contributed by atoms with van der Waals surface area (Å²) in [6, 6.07) is 2.93. The highest BCUT2D eigenvalue weighted by atomic mass is 19.4. The quantitative estimate of drug-likeness (QED) is 0.865. The molecule has 5 nitrogen and oxygen atoms in total. The Hall–Kier alpha value is -1.99. The second-order valence-corrected chi connectivity index (χ2v) is 3.84. The average molecular weight is 279 g/mol. The first-order chi connectivity index (χ1) is 8.78. The standard InChI is InChI=1S/C11H12F3NO4/c12-11(13,14)7-15(6-8-2-1-5-19-8)9(16)3-4-10(17)18/h1-2,5H,3-4,6-7H2,(H,17,18). The predicted octanol–water partition coefficient (Wildman–Crippen LogP) is 2.04. The Morgan fingerprint density at radius 1 is 1.32 bits per heavy atom. The minimum atomic E-state index is -4.55. The SMILES string of the molecule is O=C(O)CCC(=O)N(Cc1ccco1)CC(F)(F)F. The van der Waals surface area contributed by atoms with Crippen molar-refractivity contribution >= 4 is 11.9 Å². The van der Waals surface area contributed by atoms with Gasteiger partial charge in [-0.25, -0.2) is 0 Å². The Morgan fingerprint density at radius 2 is 2.00 bits per heavy atom. The molecule has 19 heavy (non-hydrogen) atoms. The molecule has 1 amide bonds. The van der Waals surface area contributed by atoms with E-state index in [0.29, 0.717) is 4.90 Å². The molecule has 0 spiro atoms. The van der Waals surface area contributed by atoms with E-state index in [9.17, 15) is 22.8 Å². The minimum Gasteiger partial charge on any atom is -0.481 e. The van der Waals surface area contributed by atoms with Gasteiger partial charge in [0.05, 0.1) is 19.2 Å². The third-order valence-electron chi connectivity index (χ3n) is 2.20. The molecule has 0 aromatic carbocycles. The number of hydrogen-bond acceptors (Lipinski definition) is 3. The van der Waals surface area contributed by atoms with Gasteiger partial charge in [0.2, 0.25) is 5.91 Å². The van der Waals surface area contributed by atoms with Crippen LogP contribution in [0.3, 0.4) is 0 Å². The summed E-state index contributed by atoms with van der Waals surface area (Å²) in [7, 11) is 0. The molecule has 1 aromatic rings. The van der Waals surface area contributed by atoms with Gasteiger partial charge in [-0.15, -0.1) is 0 Å². The average Bonchev–Trinajstić information content (AvgIpc) is 2.75. The molecule has 0 atom stereocenters. The van der Waals surface area contributed by atoms with Crippen molar-refractivity contribution in [3.8, 4) is 0 Å². The smallest absolute Gasteiger partial charge is 0.406 e. The minimum absolute atomic E-state index is 0.202. The lowest BCUT2D eigenvalue weighted by atomic mass is 10.2. The number of carboxylic acids is 1. The monoisotopic (exact) mass is 279 g/mol. The van der Waals surface area contributed by atoms with E-state index < -0.39 is 37.4 Å². The summed E-state index contributed by atoms with van der Waals surface area (Å²) in [4.78, 5) is 22.4. The summed E-state index contributed by atoms with van der Waals surface area (Å²) in [5.74, 6) is -1.91. The van der Waals surface area contributed by atoms with Crippen LogP contribution >= 0.6 is 0 Å². The van der Waals surface area contributed by atoms with Crippen LogP contribution in [0.1, 0.15) is 18.6 Å². The van der Waals surface area contributed by atoms with Crippen LogP contribution in [0.15, 0.2) is 22.8 Å². The van der Waals surface area contributed by atoms with Gasteiger partial charge in [-0.05, 0) is 12.1 Å². The van der Waals surface area contributed by atoms with Crippen molar-refractivity contribution < 1.29 is 32.3 Å². The largest absolute Gasteiger partial charge is 0.481 e.